The molecule has 1 saturated carbocycles. The maximum atomic E-state index is 12.8. The van der Waals surface area contributed by atoms with Gasteiger partial charge in [0.25, 0.3) is 0 Å². The van der Waals surface area contributed by atoms with Gasteiger partial charge in [0, 0.05) is 41.6 Å². The zero-order valence-electron chi connectivity index (χ0n) is 17.6. The molecule has 0 bridgehead atoms. The summed E-state index contributed by atoms with van der Waals surface area (Å²) >= 11 is 0. The molecule has 1 aromatic carbocycles. The molecular formula is C24H27N3O4. The van der Waals surface area contributed by atoms with Crippen LogP contribution in [0, 0.1) is 5.92 Å². The Balaban J connectivity index is 1.36. The van der Waals surface area contributed by atoms with Gasteiger partial charge in [0.1, 0.15) is 6.26 Å². The summed E-state index contributed by atoms with van der Waals surface area (Å²) in [6, 6.07) is 10.7. The van der Waals surface area contributed by atoms with Crippen molar-refractivity contribution in [1.82, 2.24) is 15.4 Å². The van der Waals surface area contributed by atoms with E-state index in [0.717, 1.165) is 31.2 Å². The molecule has 1 amide bonds. The number of ketones is 1. The summed E-state index contributed by atoms with van der Waals surface area (Å²) in [7, 11) is 0. The SMILES string of the molecule is CCOC1CCC(C(=O)NN2C=COC2c2ccc(C(=O)c3cccnc3)cc2)CC1. The minimum atomic E-state index is -0.466. The van der Waals surface area contributed by atoms with E-state index in [9.17, 15) is 9.59 Å². The van der Waals surface area contributed by atoms with E-state index in [4.69, 9.17) is 9.47 Å². The van der Waals surface area contributed by atoms with E-state index < -0.39 is 6.23 Å². The van der Waals surface area contributed by atoms with Crippen LogP contribution in [-0.4, -0.2) is 34.4 Å². The molecule has 1 aliphatic heterocycles. The van der Waals surface area contributed by atoms with Gasteiger partial charge in [-0.3, -0.25) is 20.0 Å². The second kappa shape index (κ2) is 9.75. The fraction of sp³-hybridized carbons (Fsp3) is 0.375. The molecule has 4 rings (SSSR count). The number of hydrazine groups is 1. The zero-order valence-corrected chi connectivity index (χ0v) is 17.6. The van der Waals surface area contributed by atoms with Crippen LogP contribution in [0.15, 0.2) is 61.3 Å². The molecule has 2 heterocycles. The van der Waals surface area contributed by atoms with Crippen LogP contribution in [0.1, 0.15) is 60.3 Å². The van der Waals surface area contributed by atoms with Crippen molar-refractivity contribution in [3.8, 4) is 0 Å². The number of hydrogen-bond acceptors (Lipinski definition) is 6. The third kappa shape index (κ3) is 4.94. The van der Waals surface area contributed by atoms with E-state index in [1.165, 1.54) is 0 Å². The maximum Gasteiger partial charge on any atom is 0.241 e. The molecule has 2 aliphatic rings. The molecule has 1 atom stereocenters. The molecule has 1 fully saturated rings. The molecule has 1 aromatic heterocycles. The van der Waals surface area contributed by atoms with Gasteiger partial charge in [-0.15, -0.1) is 0 Å². The molecular weight excluding hydrogens is 394 g/mol. The lowest BCUT2D eigenvalue weighted by atomic mass is 9.87. The Morgan fingerprint density at radius 1 is 1.13 bits per heavy atom. The van der Waals surface area contributed by atoms with E-state index >= 15 is 0 Å². The van der Waals surface area contributed by atoms with Crippen molar-refractivity contribution in [3.05, 3.63) is 77.9 Å². The van der Waals surface area contributed by atoms with Gasteiger partial charge in [0.05, 0.1) is 12.3 Å². The van der Waals surface area contributed by atoms with Gasteiger partial charge < -0.3 is 9.47 Å². The van der Waals surface area contributed by atoms with Crippen LogP contribution >= 0.6 is 0 Å². The molecule has 0 spiro atoms. The van der Waals surface area contributed by atoms with Crippen molar-refractivity contribution in [2.75, 3.05) is 6.61 Å². The highest BCUT2D eigenvalue weighted by Crippen LogP contribution is 2.29. The minimum Gasteiger partial charge on any atom is -0.471 e. The molecule has 7 heteroatoms. The Morgan fingerprint density at radius 3 is 2.58 bits per heavy atom. The van der Waals surface area contributed by atoms with Gasteiger partial charge in [0.15, 0.2) is 5.78 Å². The first-order valence-corrected chi connectivity index (χ1v) is 10.7. The predicted molar refractivity (Wildman–Crippen MR) is 114 cm³/mol. The van der Waals surface area contributed by atoms with E-state index in [-0.39, 0.29) is 23.7 Å². The predicted octanol–water partition coefficient (Wildman–Crippen LogP) is 3.74. The van der Waals surface area contributed by atoms with Gasteiger partial charge in [0.2, 0.25) is 12.1 Å². The Hall–Kier alpha value is -3.19. The minimum absolute atomic E-state index is 0.00141. The summed E-state index contributed by atoms with van der Waals surface area (Å²) in [5.41, 5.74) is 4.93. The van der Waals surface area contributed by atoms with Crippen LogP contribution in [-0.2, 0) is 14.3 Å². The summed E-state index contributed by atoms with van der Waals surface area (Å²) < 4.78 is 11.4. The lowest BCUT2D eigenvalue weighted by molar-refractivity contribution is -0.134. The fourth-order valence-electron chi connectivity index (χ4n) is 4.06. The molecule has 1 aliphatic carbocycles. The molecule has 7 nitrogen and oxygen atoms in total. The average molecular weight is 421 g/mol. The first-order chi connectivity index (χ1) is 15.2. The van der Waals surface area contributed by atoms with Gasteiger partial charge in [-0.2, -0.15) is 0 Å². The van der Waals surface area contributed by atoms with E-state index in [1.54, 1.807) is 54.1 Å². The van der Waals surface area contributed by atoms with Crippen molar-refractivity contribution < 1.29 is 19.1 Å². The molecule has 2 aromatic rings. The summed E-state index contributed by atoms with van der Waals surface area (Å²) in [6.07, 6.45) is 9.74. The number of nitrogens with one attached hydrogen (secondary N) is 1. The summed E-state index contributed by atoms with van der Waals surface area (Å²) in [5, 5.41) is 1.68. The Morgan fingerprint density at radius 2 is 1.90 bits per heavy atom. The van der Waals surface area contributed by atoms with Crippen LogP contribution in [0.3, 0.4) is 0 Å². The Bertz CT molecular complexity index is 922. The summed E-state index contributed by atoms with van der Waals surface area (Å²) in [6.45, 7) is 2.71. The summed E-state index contributed by atoms with van der Waals surface area (Å²) in [5.74, 6) is -0.109. The highest BCUT2D eigenvalue weighted by Gasteiger charge is 2.30. The van der Waals surface area contributed by atoms with Crippen LogP contribution in [0.4, 0.5) is 0 Å². The maximum absolute atomic E-state index is 12.8. The molecule has 1 unspecified atom stereocenters. The van der Waals surface area contributed by atoms with Crippen LogP contribution in [0.5, 0.6) is 0 Å². The van der Waals surface area contributed by atoms with Crippen LogP contribution in [0.2, 0.25) is 0 Å². The quantitative estimate of drug-likeness (QED) is 0.686. The number of ether oxygens (including phenoxy) is 2. The first-order valence-electron chi connectivity index (χ1n) is 10.7. The van der Waals surface area contributed by atoms with Gasteiger partial charge in [-0.25, -0.2) is 5.01 Å². The molecule has 31 heavy (non-hydrogen) atoms. The normalized spacial score (nSPS) is 22.7. The Kier molecular flexibility index (Phi) is 6.62. The van der Waals surface area contributed by atoms with E-state index in [2.05, 4.69) is 10.4 Å². The van der Waals surface area contributed by atoms with Crippen molar-refractivity contribution in [2.45, 2.75) is 44.9 Å². The Labute approximate surface area is 182 Å². The average Bonchev–Trinajstić information content (AvgIpc) is 3.28. The second-order valence-electron chi connectivity index (χ2n) is 7.78. The highest BCUT2D eigenvalue weighted by atomic mass is 16.5. The smallest absolute Gasteiger partial charge is 0.241 e. The number of nitrogens with zero attached hydrogens (tertiary/aromatic N) is 2. The van der Waals surface area contributed by atoms with Gasteiger partial charge in [-0.1, -0.05) is 24.3 Å². The summed E-state index contributed by atoms with van der Waals surface area (Å²) in [4.78, 5) is 29.3. The third-order valence-electron chi connectivity index (χ3n) is 5.75. The topological polar surface area (TPSA) is 80.8 Å². The molecule has 1 N–H and O–H groups in total. The first kappa shape index (κ1) is 21.1. The lowest BCUT2D eigenvalue weighted by Crippen LogP contribution is -2.43. The monoisotopic (exact) mass is 421 g/mol. The van der Waals surface area contributed by atoms with Crippen molar-refractivity contribution in [1.29, 1.82) is 0 Å². The van der Waals surface area contributed by atoms with Crippen LogP contribution in [0.25, 0.3) is 0 Å². The van der Waals surface area contributed by atoms with Crippen molar-refractivity contribution in [3.63, 3.8) is 0 Å². The van der Waals surface area contributed by atoms with Crippen molar-refractivity contribution in [2.24, 2.45) is 5.92 Å². The largest absolute Gasteiger partial charge is 0.471 e. The van der Waals surface area contributed by atoms with Crippen molar-refractivity contribution >= 4 is 11.7 Å². The number of amides is 1. The van der Waals surface area contributed by atoms with E-state index in [0.29, 0.717) is 17.7 Å². The van der Waals surface area contributed by atoms with Crippen LogP contribution < -0.4 is 5.43 Å². The molecule has 0 saturated heterocycles. The van der Waals surface area contributed by atoms with Gasteiger partial charge >= 0.3 is 0 Å². The second-order valence-corrected chi connectivity index (χ2v) is 7.78. The number of carbonyl (C=O) groups is 2. The zero-order chi connectivity index (χ0) is 21.6. The molecule has 0 radical (unpaired) electrons. The number of aromatic nitrogens is 1. The lowest BCUT2D eigenvalue weighted by Gasteiger charge is -2.30. The number of pyridine rings is 1. The van der Waals surface area contributed by atoms with E-state index in [1.807, 2.05) is 19.1 Å². The number of hydrogen-bond donors (Lipinski definition) is 1. The standard InChI is InChI=1S/C24H27N3O4/c1-2-30-21-11-9-18(10-12-21)23(29)26-27-14-15-31-24(27)19-7-5-17(6-8-19)22(28)20-4-3-13-25-16-20/h3-8,13-16,18,21,24H,2,9-12H2,1H3,(H,26,29). The number of benzene rings is 1. The number of rotatable bonds is 7. The van der Waals surface area contributed by atoms with Gasteiger partial charge in [-0.05, 0) is 44.7 Å². The fourth-order valence-corrected chi connectivity index (χ4v) is 4.06. The highest BCUT2D eigenvalue weighted by molar-refractivity contribution is 6.08. The number of carbonyl (C=O) groups excluding carboxylic acids is 2. The molecule has 162 valence electrons. The third-order valence-corrected chi connectivity index (χ3v) is 5.75.